The Hall–Kier alpha value is -0.00364. The molecule has 0 aromatic heterocycles. The SMILES string of the molecule is C=C/C(C=O)=C(\C=C)C(=O)[N-]C.[K+]. The third-order valence-corrected chi connectivity index (χ3v) is 1.30. The van der Waals surface area contributed by atoms with Gasteiger partial charge >= 0.3 is 51.4 Å². The quantitative estimate of drug-likeness (QED) is 0.239. The summed E-state index contributed by atoms with van der Waals surface area (Å²) < 4.78 is 0. The zero-order chi connectivity index (χ0) is 9.56. The van der Waals surface area contributed by atoms with Gasteiger partial charge in [-0.3, -0.25) is 4.79 Å². The minimum absolute atomic E-state index is 0. The third kappa shape index (κ3) is 4.68. The fourth-order valence-corrected chi connectivity index (χ4v) is 0.671. The molecule has 0 heterocycles. The summed E-state index contributed by atoms with van der Waals surface area (Å²) in [5, 5.41) is 3.40. The van der Waals surface area contributed by atoms with Crippen LogP contribution in [0.4, 0.5) is 0 Å². The zero-order valence-electron chi connectivity index (χ0n) is 7.91. The molecule has 0 aliphatic heterocycles. The summed E-state index contributed by atoms with van der Waals surface area (Å²) in [7, 11) is 1.36. The first-order valence-electron chi connectivity index (χ1n) is 3.29. The van der Waals surface area contributed by atoms with Crippen molar-refractivity contribution in [3.63, 3.8) is 0 Å². The van der Waals surface area contributed by atoms with Crippen LogP contribution in [0.15, 0.2) is 36.5 Å². The maximum Gasteiger partial charge on any atom is 1.00 e. The summed E-state index contributed by atoms with van der Waals surface area (Å²) >= 11 is 0. The second-order valence-corrected chi connectivity index (χ2v) is 1.92. The number of nitrogens with zero attached hydrogens (tertiary/aromatic N) is 1. The van der Waals surface area contributed by atoms with Gasteiger partial charge in [-0.05, 0) is 0 Å². The van der Waals surface area contributed by atoms with Crippen molar-refractivity contribution in [2.75, 3.05) is 7.05 Å². The standard InChI is InChI=1S/C9H11NO2.K/c1-4-7(6-11)8(5-2)9(12)10-3;/h4-6H,1-2H2,3H3,(H,10,12);/q;+1/p-1/b8-7-;. The molecule has 0 aromatic rings. The van der Waals surface area contributed by atoms with Gasteiger partial charge in [-0.15, -0.1) is 7.05 Å². The molecule has 0 atom stereocenters. The predicted octanol–water partition coefficient (Wildman–Crippen LogP) is -1.61. The Kier molecular flexibility index (Phi) is 10.2. The monoisotopic (exact) mass is 203 g/mol. The van der Waals surface area contributed by atoms with Gasteiger partial charge < -0.3 is 10.1 Å². The van der Waals surface area contributed by atoms with E-state index >= 15 is 0 Å². The summed E-state index contributed by atoms with van der Waals surface area (Å²) in [6.45, 7) is 6.79. The average molecular weight is 203 g/mol. The smallest absolute Gasteiger partial charge is 0.652 e. The molecule has 0 aliphatic rings. The molecule has 0 aromatic carbocycles. The summed E-state index contributed by atoms with van der Waals surface area (Å²) in [6.07, 6.45) is 3.14. The molecule has 13 heavy (non-hydrogen) atoms. The maximum absolute atomic E-state index is 11.0. The van der Waals surface area contributed by atoms with Crippen molar-refractivity contribution in [1.82, 2.24) is 0 Å². The van der Waals surface area contributed by atoms with Gasteiger partial charge in [-0.2, -0.15) is 0 Å². The van der Waals surface area contributed by atoms with E-state index in [1.807, 2.05) is 0 Å². The number of carbonyl (C=O) groups excluding carboxylic acids is 2. The van der Waals surface area contributed by atoms with E-state index < -0.39 is 5.91 Å². The topological polar surface area (TPSA) is 48.2 Å². The van der Waals surface area contributed by atoms with E-state index in [2.05, 4.69) is 18.5 Å². The van der Waals surface area contributed by atoms with Crippen LogP contribution >= 0.6 is 0 Å². The number of amides is 1. The van der Waals surface area contributed by atoms with Crippen LogP contribution in [0.5, 0.6) is 0 Å². The Morgan fingerprint density at radius 2 is 1.85 bits per heavy atom. The number of aldehydes is 1. The van der Waals surface area contributed by atoms with Gasteiger partial charge in [0.15, 0.2) is 6.29 Å². The number of hydrogen-bond donors (Lipinski definition) is 0. The van der Waals surface area contributed by atoms with Crippen LogP contribution in [0.1, 0.15) is 0 Å². The van der Waals surface area contributed by atoms with Crippen LogP contribution in [-0.2, 0) is 9.59 Å². The normalized spacial score (nSPS) is 10.2. The predicted molar refractivity (Wildman–Crippen MR) is 47.8 cm³/mol. The second-order valence-electron chi connectivity index (χ2n) is 1.92. The van der Waals surface area contributed by atoms with Crippen molar-refractivity contribution >= 4 is 12.2 Å². The molecule has 0 N–H and O–H groups in total. The number of rotatable bonds is 4. The summed E-state index contributed by atoms with van der Waals surface area (Å²) in [6, 6.07) is 0. The molecule has 0 radical (unpaired) electrons. The number of hydrogen-bond acceptors (Lipinski definition) is 2. The van der Waals surface area contributed by atoms with Crippen LogP contribution in [0.3, 0.4) is 0 Å². The molecule has 0 fully saturated rings. The number of allylic oxidation sites excluding steroid dienone is 2. The minimum Gasteiger partial charge on any atom is -0.652 e. The van der Waals surface area contributed by atoms with E-state index in [0.29, 0.717) is 6.29 Å². The molecule has 64 valence electrons. The Labute approximate surface area is 120 Å². The van der Waals surface area contributed by atoms with E-state index in [1.54, 1.807) is 0 Å². The fraction of sp³-hybridized carbons (Fsp3) is 0.111. The van der Waals surface area contributed by atoms with Crippen molar-refractivity contribution in [2.45, 2.75) is 0 Å². The fourth-order valence-electron chi connectivity index (χ4n) is 0.671. The van der Waals surface area contributed by atoms with E-state index in [0.717, 1.165) is 0 Å². The van der Waals surface area contributed by atoms with Crippen LogP contribution in [-0.4, -0.2) is 19.2 Å². The number of likely N-dealkylation sites (N-methyl/N-ethyl adjacent to an activating group) is 1. The van der Waals surface area contributed by atoms with E-state index in [1.165, 1.54) is 19.2 Å². The van der Waals surface area contributed by atoms with Crippen LogP contribution < -0.4 is 51.4 Å². The Morgan fingerprint density at radius 1 is 1.31 bits per heavy atom. The van der Waals surface area contributed by atoms with Gasteiger partial charge in [0.1, 0.15) is 0 Å². The zero-order valence-corrected chi connectivity index (χ0v) is 11.0. The molecule has 4 heteroatoms. The number of carbonyl (C=O) groups is 2. The average Bonchev–Trinajstić information content (AvgIpc) is 2.12. The Balaban J connectivity index is 0. The largest absolute Gasteiger partial charge is 1.00 e. The molecule has 3 nitrogen and oxygen atoms in total. The molecular formula is C9H10KNO2. The van der Waals surface area contributed by atoms with Crippen LogP contribution in [0.25, 0.3) is 5.32 Å². The van der Waals surface area contributed by atoms with Crippen molar-refractivity contribution < 1.29 is 61.0 Å². The van der Waals surface area contributed by atoms with Crippen molar-refractivity contribution in [3.8, 4) is 0 Å². The molecule has 0 saturated heterocycles. The molecular weight excluding hydrogens is 193 g/mol. The Morgan fingerprint density at radius 3 is 2.08 bits per heavy atom. The van der Waals surface area contributed by atoms with Crippen LogP contribution in [0, 0.1) is 0 Å². The first kappa shape index (κ1) is 15.5. The third-order valence-electron chi connectivity index (χ3n) is 1.30. The van der Waals surface area contributed by atoms with Crippen molar-refractivity contribution in [1.29, 1.82) is 0 Å². The second kappa shape index (κ2) is 8.59. The van der Waals surface area contributed by atoms with Gasteiger partial charge in [-0.1, -0.05) is 25.3 Å². The molecule has 0 bridgehead atoms. The van der Waals surface area contributed by atoms with Gasteiger partial charge in [-0.25, -0.2) is 0 Å². The summed E-state index contributed by atoms with van der Waals surface area (Å²) in [5.74, 6) is -0.466. The molecule has 0 saturated carbocycles. The Bertz CT molecular complexity index is 246. The van der Waals surface area contributed by atoms with Crippen molar-refractivity contribution in [2.24, 2.45) is 0 Å². The molecule has 0 rings (SSSR count). The minimum atomic E-state index is -0.466. The van der Waals surface area contributed by atoms with Gasteiger partial charge in [0.05, 0.1) is 5.91 Å². The van der Waals surface area contributed by atoms with Crippen LogP contribution in [0.2, 0.25) is 0 Å². The van der Waals surface area contributed by atoms with Gasteiger partial charge in [0.2, 0.25) is 0 Å². The van der Waals surface area contributed by atoms with E-state index in [-0.39, 0.29) is 62.5 Å². The molecule has 0 aliphatic carbocycles. The molecule has 1 amide bonds. The van der Waals surface area contributed by atoms with E-state index in [9.17, 15) is 9.59 Å². The molecule has 0 spiro atoms. The van der Waals surface area contributed by atoms with Gasteiger partial charge in [0.25, 0.3) is 0 Å². The van der Waals surface area contributed by atoms with Crippen molar-refractivity contribution in [3.05, 3.63) is 41.8 Å². The van der Waals surface area contributed by atoms with Gasteiger partial charge in [0, 0.05) is 11.1 Å². The first-order valence-corrected chi connectivity index (χ1v) is 3.29. The summed E-state index contributed by atoms with van der Waals surface area (Å²) in [5.41, 5.74) is 0.392. The summed E-state index contributed by atoms with van der Waals surface area (Å²) in [4.78, 5) is 21.4. The first-order chi connectivity index (χ1) is 5.71. The molecule has 0 unspecified atom stereocenters. The van der Waals surface area contributed by atoms with E-state index in [4.69, 9.17) is 0 Å². The maximum atomic E-state index is 11.0.